The number of hydrogen-bond donors (Lipinski definition) is 1. The summed E-state index contributed by atoms with van der Waals surface area (Å²) >= 11 is 7.85. The van der Waals surface area contributed by atoms with E-state index < -0.39 is 0 Å². The molecule has 6 nitrogen and oxygen atoms in total. The Morgan fingerprint density at radius 3 is 2.53 bits per heavy atom. The fourth-order valence-electron chi connectivity index (χ4n) is 3.50. The van der Waals surface area contributed by atoms with Gasteiger partial charge in [-0.05, 0) is 61.9 Å². The van der Waals surface area contributed by atoms with Crippen molar-refractivity contribution in [2.75, 3.05) is 11.9 Å². The zero-order valence-corrected chi connectivity index (χ0v) is 19.0. The van der Waals surface area contributed by atoms with Crippen molar-refractivity contribution in [2.45, 2.75) is 13.8 Å². The van der Waals surface area contributed by atoms with Gasteiger partial charge in [0.1, 0.15) is 21.7 Å². The second-order valence-electron chi connectivity index (χ2n) is 7.27. The summed E-state index contributed by atoms with van der Waals surface area (Å²) in [5.74, 6) is 0.561. The van der Waals surface area contributed by atoms with Crippen LogP contribution in [0.1, 0.15) is 22.2 Å². The van der Waals surface area contributed by atoms with Gasteiger partial charge in [0.15, 0.2) is 0 Å². The number of ether oxygens (including phenoxy) is 1. The molecule has 160 valence electrons. The van der Waals surface area contributed by atoms with E-state index in [1.807, 2.05) is 74.5 Å². The van der Waals surface area contributed by atoms with Gasteiger partial charge in [0, 0.05) is 15.8 Å². The van der Waals surface area contributed by atoms with Crippen LogP contribution in [0.2, 0.25) is 5.02 Å². The lowest BCUT2D eigenvalue weighted by Crippen LogP contribution is -2.11. The first-order chi connectivity index (χ1) is 15.5. The van der Waals surface area contributed by atoms with Gasteiger partial charge in [0.05, 0.1) is 17.3 Å². The van der Waals surface area contributed by atoms with Crippen molar-refractivity contribution in [3.63, 3.8) is 0 Å². The number of fused-ring (bicyclic) bond motifs is 2. The molecular formula is C24H19ClN4O2S. The van der Waals surface area contributed by atoms with E-state index in [0.717, 1.165) is 32.6 Å². The van der Waals surface area contributed by atoms with Crippen molar-refractivity contribution >= 4 is 55.7 Å². The Bertz CT molecular complexity index is 1460. The number of carbonyl (C=O) groups excluding carboxylic acids is 1. The van der Waals surface area contributed by atoms with E-state index in [0.29, 0.717) is 27.7 Å². The van der Waals surface area contributed by atoms with E-state index in [1.165, 1.54) is 11.3 Å². The summed E-state index contributed by atoms with van der Waals surface area (Å²) < 4.78 is 6.47. The third-order valence-corrected chi connectivity index (χ3v) is 6.77. The lowest BCUT2D eigenvalue weighted by molar-refractivity contribution is 0.103. The Morgan fingerprint density at radius 1 is 1.09 bits per heavy atom. The highest BCUT2D eigenvalue weighted by atomic mass is 35.5. The lowest BCUT2D eigenvalue weighted by atomic mass is 10.1. The molecule has 0 saturated heterocycles. The maximum atomic E-state index is 13.0. The minimum absolute atomic E-state index is 0.238. The normalized spacial score (nSPS) is 11.2. The third-order valence-electron chi connectivity index (χ3n) is 5.09. The zero-order chi connectivity index (χ0) is 22.2. The first kappa shape index (κ1) is 20.5. The molecule has 1 N–H and O–H groups in total. The topological polar surface area (TPSA) is 69.0 Å². The summed E-state index contributed by atoms with van der Waals surface area (Å²) in [6.07, 6.45) is 0. The van der Waals surface area contributed by atoms with Crippen LogP contribution in [0.3, 0.4) is 0 Å². The van der Waals surface area contributed by atoms with Crippen LogP contribution in [0.5, 0.6) is 5.75 Å². The highest BCUT2D eigenvalue weighted by Crippen LogP contribution is 2.36. The number of nitrogens with one attached hydrogen (secondary N) is 1. The first-order valence-electron chi connectivity index (χ1n) is 10.1. The van der Waals surface area contributed by atoms with E-state index >= 15 is 0 Å². The van der Waals surface area contributed by atoms with Crippen molar-refractivity contribution in [1.29, 1.82) is 0 Å². The number of aromatic nitrogens is 3. The molecule has 0 atom stereocenters. The molecule has 0 radical (unpaired) electrons. The smallest absolute Gasteiger partial charge is 0.267 e. The molecule has 0 saturated carbocycles. The predicted octanol–water partition coefficient (Wildman–Crippen LogP) is 6.25. The molecule has 0 aliphatic heterocycles. The third kappa shape index (κ3) is 3.70. The summed E-state index contributed by atoms with van der Waals surface area (Å²) in [5, 5.41) is 13.5. The van der Waals surface area contributed by atoms with Gasteiger partial charge in [-0.1, -0.05) is 29.8 Å². The van der Waals surface area contributed by atoms with Crippen LogP contribution in [0.4, 0.5) is 5.69 Å². The zero-order valence-electron chi connectivity index (χ0n) is 17.4. The predicted molar refractivity (Wildman–Crippen MR) is 130 cm³/mol. The fraction of sp³-hybridized carbons (Fsp3) is 0.125. The standard InChI is InChI=1S/C24H19ClN4O2S/c1-3-31-16-10-8-15(9-11-16)29-27-19-12-14(2)18(13-20(19)28-29)26-24(30)23-22(25)17-6-4-5-7-21(17)32-23/h4-13H,3H2,1-2H3,(H,26,30). The number of thiophene rings is 1. The Labute approximate surface area is 193 Å². The van der Waals surface area contributed by atoms with Crippen LogP contribution in [0, 0.1) is 6.92 Å². The van der Waals surface area contributed by atoms with E-state index in [2.05, 4.69) is 15.5 Å². The number of nitrogens with zero attached hydrogens (tertiary/aromatic N) is 3. The Morgan fingerprint density at radius 2 is 1.81 bits per heavy atom. The van der Waals surface area contributed by atoms with E-state index in [9.17, 15) is 4.79 Å². The largest absolute Gasteiger partial charge is 0.494 e. The highest BCUT2D eigenvalue weighted by Gasteiger charge is 2.18. The maximum absolute atomic E-state index is 13.0. The summed E-state index contributed by atoms with van der Waals surface area (Å²) in [4.78, 5) is 15.0. The molecule has 0 spiro atoms. The second kappa shape index (κ2) is 8.26. The van der Waals surface area contributed by atoms with Crippen LogP contribution in [0.15, 0.2) is 60.7 Å². The van der Waals surface area contributed by atoms with Gasteiger partial charge in [-0.25, -0.2) is 0 Å². The van der Waals surface area contributed by atoms with Crippen molar-refractivity contribution in [1.82, 2.24) is 15.0 Å². The minimum Gasteiger partial charge on any atom is -0.494 e. The van der Waals surface area contributed by atoms with Gasteiger partial charge in [0.2, 0.25) is 0 Å². The first-order valence-corrected chi connectivity index (χ1v) is 11.3. The number of hydrogen-bond acceptors (Lipinski definition) is 5. The molecular weight excluding hydrogens is 444 g/mol. The van der Waals surface area contributed by atoms with Crippen molar-refractivity contribution in [2.24, 2.45) is 0 Å². The van der Waals surface area contributed by atoms with Gasteiger partial charge >= 0.3 is 0 Å². The number of carbonyl (C=O) groups is 1. The number of aryl methyl sites for hydroxylation is 1. The maximum Gasteiger partial charge on any atom is 0.267 e. The summed E-state index contributed by atoms with van der Waals surface area (Å²) in [5.41, 5.74) is 3.82. The number of halogens is 1. The van der Waals surface area contributed by atoms with Gasteiger partial charge < -0.3 is 10.1 Å². The molecule has 0 aliphatic rings. The van der Waals surface area contributed by atoms with Crippen molar-refractivity contribution in [3.8, 4) is 11.4 Å². The summed E-state index contributed by atoms with van der Waals surface area (Å²) in [6, 6.07) is 19.1. The molecule has 1 amide bonds. The van der Waals surface area contributed by atoms with Gasteiger partial charge in [0.25, 0.3) is 5.91 Å². The van der Waals surface area contributed by atoms with Gasteiger partial charge in [-0.3, -0.25) is 4.79 Å². The van der Waals surface area contributed by atoms with Crippen LogP contribution in [0.25, 0.3) is 26.8 Å². The highest BCUT2D eigenvalue weighted by molar-refractivity contribution is 7.21. The SMILES string of the molecule is CCOc1ccc(-n2nc3cc(C)c(NC(=O)c4sc5ccccc5c4Cl)cc3n2)cc1. The Hall–Kier alpha value is -3.42. The van der Waals surface area contributed by atoms with Crippen molar-refractivity contribution in [3.05, 3.63) is 76.1 Å². The van der Waals surface area contributed by atoms with E-state index in [4.69, 9.17) is 16.3 Å². The molecule has 0 aliphatic carbocycles. The quantitative estimate of drug-likeness (QED) is 0.335. The van der Waals surface area contributed by atoms with E-state index in [-0.39, 0.29) is 5.91 Å². The van der Waals surface area contributed by atoms with Crippen molar-refractivity contribution < 1.29 is 9.53 Å². The molecule has 2 aromatic heterocycles. The fourth-order valence-corrected chi connectivity index (χ4v) is 4.91. The second-order valence-corrected chi connectivity index (χ2v) is 8.70. The molecule has 32 heavy (non-hydrogen) atoms. The molecule has 5 rings (SSSR count). The summed E-state index contributed by atoms with van der Waals surface area (Å²) in [7, 11) is 0. The van der Waals surface area contributed by atoms with Crippen LogP contribution >= 0.6 is 22.9 Å². The number of anilines is 1. The molecule has 3 aromatic carbocycles. The van der Waals surface area contributed by atoms with Crippen LogP contribution in [-0.4, -0.2) is 27.5 Å². The molecule has 5 aromatic rings. The number of benzene rings is 3. The summed E-state index contributed by atoms with van der Waals surface area (Å²) in [6.45, 7) is 4.49. The van der Waals surface area contributed by atoms with Crippen LogP contribution in [-0.2, 0) is 0 Å². The lowest BCUT2D eigenvalue weighted by Gasteiger charge is -2.07. The monoisotopic (exact) mass is 462 g/mol. The number of amides is 1. The molecule has 0 fully saturated rings. The van der Waals surface area contributed by atoms with E-state index in [1.54, 1.807) is 4.80 Å². The average Bonchev–Trinajstić information content (AvgIpc) is 3.36. The van der Waals surface area contributed by atoms with Gasteiger partial charge in [-0.2, -0.15) is 4.80 Å². The van der Waals surface area contributed by atoms with Crippen LogP contribution < -0.4 is 10.1 Å². The Kier molecular flexibility index (Phi) is 5.28. The molecule has 0 unspecified atom stereocenters. The molecule has 8 heteroatoms. The number of rotatable bonds is 5. The Balaban J connectivity index is 1.44. The van der Waals surface area contributed by atoms with Gasteiger partial charge in [-0.15, -0.1) is 21.5 Å². The molecule has 0 bridgehead atoms. The minimum atomic E-state index is -0.238. The molecule has 2 heterocycles. The average molecular weight is 463 g/mol.